The maximum Gasteiger partial charge on any atom is 0.408 e. The Morgan fingerprint density at radius 1 is 1.02 bits per heavy atom. The van der Waals surface area contributed by atoms with Gasteiger partial charge in [-0.1, -0.05) is 82.1 Å². The summed E-state index contributed by atoms with van der Waals surface area (Å²) in [5.74, 6) is -0.710. The van der Waals surface area contributed by atoms with Gasteiger partial charge in [-0.05, 0) is 65.0 Å². The Bertz CT molecular complexity index is 952. The van der Waals surface area contributed by atoms with Crippen molar-refractivity contribution in [2.75, 3.05) is 13.2 Å². The molecule has 0 radical (unpaired) electrons. The number of ether oxygens (including phenoxy) is 1. The Hall–Kier alpha value is -2.61. The number of aliphatic hydroxyl groups excluding tert-OH is 1. The van der Waals surface area contributed by atoms with Crippen LogP contribution in [0.4, 0.5) is 4.79 Å². The molecule has 1 aliphatic rings. The van der Waals surface area contributed by atoms with E-state index in [0.29, 0.717) is 6.54 Å². The van der Waals surface area contributed by atoms with Crippen molar-refractivity contribution in [3.63, 3.8) is 0 Å². The topological polar surface area (TPSA) is 108 Å². The average Bonchev–Trinajstić information content (AvgIpc) is 2.88. The molecule has 0 aliphatic heterocycles. The Morgan fingerprint density at radius 3 is 2.27 bits per heavy atom. The molecule has 1 aliphatic carbocycles. The molecule has 8 heteroatoms. The Kier molecular flexibility index (Phi) is 13.9. The smallest absolute Gasteiger partial charge is 0.408 e. The van der Waals surface area contributed by atoms with Crippen LogP contribution in [-0.4, -0.2) is 58.8 Å². The fourth-order valence-electron chi connectivity index (χ4n) is 5.37. The van der Waals surface area contributed by atoms with Crippen molar-refractivity contribution < 1.29 is 24.2 Å². The molecule has 3 N–H and O–H groups in total. The largest absolute Gasteiger partial charge is 0.444 e. The average molecular weight is 560 g/mol. The number of unbranched alkanes of at least 4 members (excludes halogenated alkanes) is 5. The minimum Gasteiger partial charge on any atom is -0.444 e. The molecule has 1 aromatic rings. The molecule has 2 unspecified atom stereocenters. The minimum absolute atomic E-state index is 0.0778. The Morgan fingerprint density at radius 2 is 1.68 bits per heavy atom. The summed E-state index contributed by atoms with van der Waals surface area (Å²) in [5, 5.41) is 16.0. The highest BCUT2D eigenvalue weighted by atomic mass is 16.6. The highest BCUT2D eigenvalue weighted by Gasteiger charge is 2.37. The lowest BCUT2D eigenvalue weighted by Crippen LogP contribution is -2.55. The van der Waals surface area contributed by atoms with Gasteiger partial charge in [0.05, 0.1) is 6.61 Å². The molecule has 0 bridgehead atoms. The van der Waals surface area contributed by atoms with Crippen LogP contribution in [-0.2, 0) is 14.3 Å². The maximum absolute atomic E-state index is 14.0. The number of amides is 3. The van der Waals surface area contributed by atoms with Crippen molar-refractivity contribution in [2.24, 2.45) is 0 Å². The Labute approximate surface area is 241 Å². The van der Waals surface area contributed by atoms with Gasteiger partial charge in [0.15, 0.2) is 0 Å². The van der Waals surface area contributed by atoms with E-state index in [1.807, 2.05) is 32.0 Å². The molecule has 0 aromatic heterocycles. The Balaban J connectivity index is 2.41. The van der Waals surface area contributed by atoms with Crippen LogP contribution in [0.1, 0.15) is 121 Å². The predicted octanol–water partition coefficient (Wildman–Crippen LogP) is 5.87. The van der Waals surface area contributed by atoms with Crippen LogP contribution in [0, 0.1) is 13.8 Å². The SMILES string of the molecule is CCCCCCCCN(C(=O)C(CO)NC(=O)OC(C)(C)C)C(C(=O)NC1CCCCC1)c1ccc(C)cc1C. The number of aliphatic hydroxyl groups is 1. The van der Waals surface area contributed by atoms with Crippen molar-refractivity contribution in [1.82, 2.24) is 15.5 Å². The van der Waals surface area contributed by atoms with Gasteiger partial charge in [0.1, 0.15) is 17.7 Å². The molecule has 40 heavy (non-hydrogen) atoms. The lowest BCUT2D eigenvalue weighted by molar-refractivity contribution is -0.143. The van der Waals surface area contributed by atoms with E-state index in [2.05, 4.69) is 17.6 Å². The molecule has 2 rings (SSSR count). The number of hydrogen-bond donors (Lipinski definition) is 3. The number of carbonyl (C=O) groups excluding carboxylic acids is 3. The van der Waals surface area contributed by atoms with Gasteiger partial charge in [0.25, 0.3) is 0 Å². The van der Waals surface area contributed by atoms with Crippen LogP contribution < -0.4 is 10.6 Å². The van der Waals surface area contributed by atoms with Gasteiger partial charge in [0.2, 0.25) is 11.8 Å². The molecule has 0 saturated heterocycles. The third-order valence-corrected chi connectivity index (χ3v) is 7.44. The van der Waals surface area contributed by atoms with Gasteiger partial charge in [-0.25, -0.2) is 4.79 Å². The number of rotatable bonds is 14. The summed E-state index contributed by atoms with van der Waals surface area (Å²) in [7, 11) is 0. The zero-order valence-electron chi connectivity index (χ0n) is 25.7. The molecular formula is C32H53N3O5. The summed E-state index contributed by atoms with van der Waals surface area (Å²) in [6, 6.07) is 3.87. The van der Waals surface area contributed by atoms with Crippen LogP contribution >= 0.6 is 0 Å². The highest BCUT2D eigenvalue weighted by Crippen LogP contribution is 2.28. The van der Waals surface area contributed by atoms with Crippen molar-refractivity contribution >= 4 is 17.9 Å². The summed E-state index contributed by atoms with van der Waals surface area (Å²) in [6.07, 6.45) is 10.5. The minimum atomic E-state index is -1.23. The molecule has 3 amide bonds. The van der Waals surface area contributed by atoms with Gasteiger partial charge in [-0.2, -0.15) is 0 Å². The molecule has 1 saturated carbocycles. The van der Waals surface area contributed by atoms with Gasteiger partial charge in [-0.15, -0.1) is 0 Å². The number of hydrogen-bond acceptors (Lipinski definition) is 5. The van der Waals surface area contributed by atoms with E-state index in [4.69, 9.17) is 4.74 Å². The summed E-state index contributed by atoms with van der Waals surface area (Å²) in [5.41, 5.74) is 1.99. The summed E-state index contributed by atoms with van der Waals surface area (Å²) in [4.78, 5) is 42.2. The van der Waals surface area contributed by atoms with Crippen LogP contribution in [0.2, 0.25) is 0 Å². The van der Waals surface area contributed by atoms with Gasteiger partial charge in [0, 0.05) is 12.6 Å². The summed E-state index contributed by atoms with van der Waals surface area (Å²) in [6.45, 7) is 11.1. The molecule has 226 valence electrons. The second-order valence-corrected chi connectivity index (χ2v) is 12.3. The van der Waals surface area contributed by atoms with Crippen LogP contribution in [0.25, 0.3) is 0 Å². The molecular weight excluding hydrogens is 506 g/mol. The molecule has 8 nitrogen and oxygen atoms in total. The zero-order chi connectivity index (χ0) is 29.7. The fourth-order valence-corrected chi connectivity index (χ4v) is 5.37. The normalized spacial score (nSPS) is 15.7. The zero-order valence-corrected chi connectivity index (χ0v) is 25.7. The second-order valence-electron chi connectivity index (χ2n) is 12.3. The number of aryl methyl sites for hydroxylation is 2. The number of benzene rings is 1. The summed E-state index contributed by atoms with van der Waals surface area (Å²) >= 11 is 0. The molecule has 2 atom stereocenters. The van der Waals surface area contributed by atoms with Gasteiger partial charge < -0.3 is 25.4 Å². The lowest BCUT2D eigenvalue weighted by Gasteiger charge is -2.36. The third-order valence-electron chi connectivity index (χ3n) is 7.44. The van der Waals surface area contributed by atoms with Crippen LogP contribution in [0.5, 0.6) is 0 Å². The van der Waals surface area contributed by atoms with Crippen molar-refractivity contribution in [1.29, 1.82) is 0 Å². The number of alkyl carbamates (subject to hydrolysis) is 1. The van der Waals surface area contributed by atoms with Crippen molar-refractivity contribution in [3.8, 4) is 0 Å². The lowest BCUT2D eigenvalue weighted by atomic mass is 9.93. The first-order valence-electron chi connectivity index (χ1n) is 15.2. The van der Waals surface area contributed by atoms with E-state index >= 15 is 0 Å². The molecule has 1 fully saturated rings. The second kappa shape index (κ2) is 16.6. The van der Waals surface area contributed by atoms with E-state index in [-0.39, 0.29) is 11.9 Å². The van der Waals surface area contributed by atoms with Crippen LogP contribution in [0.3, 0.4) is 0 Å². The van der Waals surface area contributed by atoms with Crippen molar-refractivity contribution in [2.45, 2.75) is 136 Å². The number of carbonyl (C=O) groups is 3. The molecule has 0 heterocycles. The van der Waals surface area contributed by atoms with E-state index in [0.717, 1.165) is 74.5 Å². The third kappa shape index (κ3) is 11.1. The quantitative estimate of drug-likeness (QED) is 0.247. The first-order chi connectivity index (χ1) is 19.0. The highest BCUT2D eigenvalue weighted by molar-refractivity contribution is 5.92. The van der Waals surface area contributed by atoms with E-state index in [1.54, 1.807) is 25.7 Å². The van der Waals surface area contributed by atoms with Gasteiger partial charge in [-0.3, -0.25) is 9.59 Å². The maximum atomic E-state index is 14.0. The van der Waals surface area contributed by atoms with E-state index in [9.17, 15) is 19.5 Å². The van der Waals surface area contributed by atoms with E-state index < -0.39 is 36.3 Å². The molecule has 1 aromatic carbocycles. The van der Waals surface area contributed by atoms with Crippen LogP contribution in [0.15, 0.2) is 18.2 Å². The monoisotopic (exact) mass is 559 g/mol. The van der Waals surface area contributed by atoms with Gasteiger partial charge >= 0.3 is 6.09 Å². The summed E-state index contributed by atoms with van der Waals surface area (Å²) < 4.78 is 5.35. The predicted molar refractivity (Wildman–Crippen MR) is 159 cm³/mol. The first-order valence-corrected chi connectivity index (χ1v) is 15.2. The van der Waals surface area contributed by atoms with E-state index in [1.165, 1.54) is 12.8 Å². The number of nitrogens with one attached hydrogen (secondary N) is 2. The number of nitrogens with zero attached hydrogens (tertiary/aromatic N) is 1. The first kappa shape index (κ1) is 33.6. The molecule has 0 spiro atoms. The fraction of sp³-hybridized carbons (Fsp3) is 0.719. The standard InChI is InChI=1S/C32H53N3O5/c1-7-8-9-10-11-15-20-35(30(38)27(22-36)34-31(39)40-32(4,5)6)28(26-19-18-23(2)21-24(26)3)29(37)33-25-16-13-12-14-17-25/h18-19,21,25,27-28,36H,7-17,20,22H2,1-6H3,(H,33,37)(H,34,39). The van der Waals surface area contributed by atoms with Crippen molar-refractivity contribution in [3.05, 3.63) is 34.9 Å².